The van der Waals surface area contributed by atoms with Gasteiger partial charge in [-0.15, -0.1) is 4.40 Å². The Labute approximate surface area is 166 Å². The first kappa shape index (κ1) is 18.2. The van der Waals surface area contributed by atoms with Crippen molar-refractivity contribution in [2.75, 3.05) is 10.6 Å². The van der Waals surface area contributed by atoms with Gasteiger partial charge in [0.25, 0.3) is 15.9 Å². The second-order valence-electron chi connectivity index (χ2n) is 6.05. The predicted octanol–water partition coefficient (Wildman–Crippen LogP) is 4.15. The number of anilines is 2. The summed E-state index contributed by atoms with van der Waals surface area (Å²) in [5, 5.41) is 6.20. The first-order valence-corrected chi connectivity index (χ1v) is 10.1. The van der Waals surface area contributed by atoms with Gasteiger partial charge < -0.3 is 10.6 Å². The summed E-state index contributed by atoms with van der Waals surface area (Å²) in [6.07, 6.45) is 0. The number of hydrogen-bond donors (Lipinski definition) is 2. The van der Waals surface area contributed by atoms with E-state index in [1.54, 1.807) is 66.7 Å². The number of amides is 1. The van der Waals surface area contributed by atoms with E-state index in [2.05, 4.69) is 15.0 Å². The number of fused-ring (bicyclic) bond motifs is 1. The number of para-hydroxylation sites is 1. The highest BCUT2D eigenvalue weighted by Crippen LogP contribution is 2.27. The zero-order valence-corrected chi connectivity index (χ0v) is 16.0. The summed E-state index contributed by atoms with van der Waals surface area (Å²) in [7, 11) is -3.69. The van der Waals surface area contributed by atoms with Crippen LogP contribution in [0, 0.1) is 0 Å². The minimum atomic E-state index is -3.69. The Bertz CT molecular complexity index is 1210. The van der Waals surface area contributed by atoms with E-state index in [0.29, 0.717) is 27.5 Å². The average Bonchev–Trinajstić information content (AvgIpc) is 2.95. The van der Waals surface area contributed by atoms with Crippen LogP contribution in [0.1, 0.15) is 15.9 Å². The van der Waals surface area contributed by atoms with E-state index in [1.807, 2.05) is 0 Å². The molecule has 0 bridgehead atoms. The summed E-state index contributed by atoms with van der Waals surface area (Å²) >= 11 is 6.05. The monoisotopic (exact) mass is 411 g/mol. The molecule has 0 saturated carbocycles. The number of nitrogens with zero attached hydrogens (tertiary/aromatic N) is 1. The van der Waals surface area contributed by atoms with Crippen LogP contribution >= 0.6 is 11.6 Å². The molecule has 0 fully saturated rings. The number of amidine groups is 1. The van der Waals surface area contributed by atoms with E-state index in [4.69, 9.17) is 11.6 Å². The smallest absolute Gasteiger partial charge is 0.285 e. The topological polar surface area (TPSA) is 87.6 Å². The van der Waals surface area contributed by atoms with Crippen LogP contribution in [0.15, 0.2) is 82.1 Å². The Kier molecular flexibility index (Phi) is 4.62. The normalized spacial score (nSPS) is 14.1. The molecule has 0 unspecified atom stereocenters. The number of halogens is 1. The van der Waals surface area contributed by atoms with Gasteiger partial charge in [-0.3, -0.25) is 4.79 Å². The molecule has 8 heteroatoms. The lowest BCUT2D eigenvalue weighted by molar-refractivity contribution is 0.102. The third-order valence-corrected chi connectivity index (χ3v) is 5.83. The van der Waals surface area contributed by atoms with Crippen LogP contribution in [-0.2, 0) is 10.0 Å². The minimum absolute atomic E-state index is 0.174. The second-order valence-corrected chi connectivity index (χ2v) is 8.03. The maximum Gasteiger partial charge on any atom is 0.285 e. The number of rotatable bonds is 3. The number of carbonyl (C=O) groups is 1. The summed E-state index contributed by atoms with van der Waals surface area (Å²) in [6, 6.07) is 20.2. The largest absolute Gasteiger partial charge is 0.339 e. The zero-order chi connectivity index (χ0) is 19.7. The van der Waals surface area contributed by atoms with Crippen molar-refractivity contribution in [1.82, 2.24) is 0 Å². The molecule has 0 aromatic heterocycles. The Morgan fingerprint density at radius 3 is 2.32 bits per heavy atom. The molecule has 0 radical (unpaired) electrons. The molecule has 6 nitrogen and oxygen atoms in total. The lowest BCUT2D eigenvalue weighted by Gasteiger charge is -2.09. The van der Waals surface area contributed by atoms with Gasteiger partial charge >= 0.3 is 0 Å². The van der Waals surface area contributed by atoms with Gasteiger partial charge in [0.15, 0.2) is 5.84 Å². The molecular weight excluding hydrogens is 398 g/mol. The fourth-order valence-electron chi connectivity index (χ4n) is 2.79. The summed E-state index contributed by atoms with van der Waals surface area (Å²) < 4.78 is 28.0. The van der Waals surface area contributed by atoms with Crippen molar-refractivity contribution in [3.63, 3.8) is 0 Å². The molecule has 0 saturated heterocycles. The van der Waals surface area contributed by atoms with E-state index >= 15 is 0 Å². The first-order chi connectivity index (χ1) is 13.4. The molecule has 2 N–H and O–H groups in total. The number of nitrogens with one attached hydrogen (secondary N) is 2. The van der Waals surface area contributed by atoms with Gasteiger partial charge in [0.2, 0.25) is 0 Å². The van der Waals surface area contributed by atoms with Crippen LogP contribution < -0.4 is 10.6 Å². The molecule has 28 heavy (non-hydrogen) atoms. The van der Waals surface area contributed by atoms with Crippen LogP contribution in [0.4, 0.5) is 11.4 Å². The van der Waals surface area contributed by atoms with Crippen molar-refractivity contribution in [3.05, 3.63) is 88.9 Å². The van der Waals surface area contributed by atoms with E-state index < -0.39 is 10.0 Å². The van der Waals surface area contributed by atoms with Crippen LogP contribution in [0.5, 0.6) is 0 Å². The highest BCUT2D eigenvalue weighted by Gasteiger charge is 2.28. The third kappa shape index (κ3) is 3.49. The van der Waals surface area contributed by atoms with Gasteiger partial charge in [0, 0.05) is 16.8 Å². The average molecular weight is 412 g/mol. The summed E-state index contributed by atoms with van der Waals surface area (Å²) in [6.45, 7) is 0. The molecule has 3 aromatic carbocycles. The SMILES string of the molecule is O=C(Nc1ccccc1Cl)c1ccc(NC2=NS(=O)(=O)c3ccccc32)cc1. The quantitative estimate of drug-likeness (QED) is 0.677. The van der Waals surface area contributed by atoms with E-state index in [0.717, 1.165) is 0 Å². The van der Waals surface area contributed by atoms with Crippen LogP contribution in [0.2, 0.25) is 5.02 Å². The van der Waals surface area contributed by atoms with E-state index in [-0.39, 0.29) is 16.6 Å². The fourth-order valence-corrected chi connectivity index (χ4v) is 4.15. The minimum Gasteiger partial charge on any atom is -0.339 e. The Balaban J connectivity index is 1.52. The van der Waals surface area contributed by atoms with Crippen molar-refractivity contribution in [3.8, 4) is 0 Å². The first-order valence-electron chi connectivity index (χ1n) is 8.31. The van der Waals surface area contributed by atoms with Gasteiger partial charge in [-0.1, -0.05) is 35.9 Å². The molecule has 3 aromatic rings. The Hall–Kier alpha value is -3.16. The van der Waals surface area contributed by atoms with Crippen molar-refractivity contribution >= 4 is 44.7 Å². The third-order valence-electron chi connectivity index (χ3n) is 4.16. The molecule has 1 heterocycles. The highest BCUT2D eigenvalue weighted by atomic mass is 35.5. The summed E-state index contributed by atoms with van der Waals surface area (Å²) in [5.74, 6) is -0.0466. The molecule has 140 valence electrons. The standard InChI is InChI=1S/C20H14ClN3O3S/c21-16-6-2-3-7-17(16)23-20(25)13-9-11-14(12-10-13)22-19-15-5-1-4-8-18(15)28(26,27)24-19/h1-12H,(H,22,24)(H,23,25). The fraction of sp³-hybridized carbons (Fsp3) is 0. The highest BCUT2D eigenvalue weighted by molar-refractivity contribution is 7.90. The molecule has 4 rings (SSSR count). The molecule has 1 aliphatic rings. The van der Waals surface area contributed by atoms with Crippen molar-refractivity contribution < 1.29 is 13.2 Å². The number of hydrogen-bond acceptors (Lipinski definition) is 4. The van der Waals surface area contributed by atoms with Gasteiger partial charge in [-0.25, -0.2) is 0 Å². The molecule has 0 aliphatic carbocycles. The molecule has 1 amide bonds. The van der Waals surface area contributed by atoms with Crippen LogP contribution in [0.25, 0.3) is 0 Å². The van der Waals surface area contributed by atoms with Crippen LogP contribution in [0.3, 0.4) is 0 Å². The lowest BCUT2D eigenvalue weighted by Crippen LogP contribution is -2.13. The Morgan fingerprint density at radius 1 is 0.893 bits per heavy atom. The van der Waals surface area contributed by atoms with Gasteiger partial charge in [-0.05, 0) is 48.5 Å². The maximum atomic E-state index is 12.4. The zero-order valence-electron chi connectivity index (χ0n) is 14.4. The molecule has 0 atom stereocenters. The van der Waals surface area contributed by atoms with Crippen molar-refractivity contribution in [1.29, 1.82) is 0 Å². The van der Waals surface area contributed by atoms with Crippen molar-refractivity contribution in [2.45, 2.75) is 4.90 Å². The van der Waals surface area contributed by atoms with E-state index in [9.17, 15) is 13.2 Å². The second kappa shape index (κ2) is 7.10. The number of sulfonamides is 1. The number of benzene rings is 3. The molecule has 0 spiro atoms. The van der Waals surface area contributed by atoms with Gasteiger partial charge in [0.05, 0.1) is 10.7 Å². The number of carbonyl (C=O) groups excluding carboxylic acids is 1. The predicted molar refractivity (Wildman–Crippen MR) is 110 cm³/mol. The van der Waals surface area contributed by atoms with Gasteiger partial charge in [-0.2, -0.15) is 8.42 Å². The lowest BCUT2D eigenvalue weighted by atomic mass is 10.1. The van der Waals surface area contributed by atoms with Gasteiger partial charge in [0.1, 0.15) is 4.90 Å². The maximum absolute atomic E-state index is 12.4. The molecular formula is C20H14ClN3O3S. The summed E-state index contributed by atoms with van der Waals surface area (Å²) in [4.78, 5) is 12.6. The van der Waals surface area contributed by atoms with Crippen LogP contribution in [-0.4, -0.2) is 20.2 Å². The van der Waals surface area contributed by atoms with E-state index in [1.165, 1.54) is 6.07 Å². The molecule has 1 aliphatic heterocycles. The Morgan fingerprint density at radius 2 is 1.57 bits per heavy atom. The summed E-state index contributed by atoms with van der Waals surface area (Å²) in [5.41, 5.74) is 2.09. The van der Waals surface area contributed by atoms with Crippen molar-refractivity contribution in [2.24, 2.45) is 4.40 Å².